The van der Waals surface area contributed by atoms with E-state index in [9.17, 15) is 9.18 Å². The number of hydrogen-bond donors (Lipinski definition) is 0. The van der Waals surface area contributed by atoms with E-state index in [1.165, 1.54) is 12.1 Å². The molecule has 4 aromatic carbocycles. The summed E-state index contributed by atoms with van der Waals surface area (Å²) in [7, 11) is 2.04. The summed E-state index contributed by atoms with van der Waals surface area (Å²) in [6, 6.07) is 32.6. The van der Waals surface area contributed by atoms with Crippen LogP contribution >= 0.6 is 0 Å². The number of rotatable bonds is 4. The Hall–Kier alpha value is -4.18. The quantitative estimate of drug-likeness (QED) is 0.276. The fraction of sp³-hybridized carbons (Fsp3) is 0.129. The summed E-state index contributed by atoms with van der Waals surface area (Å²) in [5.74, 6) is -0.241. The predicted octanol–water partition coefficient (Wildman–Crippen LogP) is 7.29. The standard InChI is InChI=1S/C31H25FN2O/c1-20(21-10-4-3-5-11-21)34-30(24-12-6-7-13-25(24)31(34)35)28-26-14-8-9-15-27(26)33(2)29(28)22-16-18-23(32)19-17-22/h3-20,30H,1-2H3/t20-,30-/m1/s1. The number of halogens is 1. The summed E-state index contributed by atoms with van der Waals surface area (Å²) in [6.07, 6.45) is 0. The van der Waals surface area contributed by atoms with E-state index >= 15 is 0 Å². The van der Waals surface area contributed by atoms with Crippen molar-refractivity contribution in [1.29, 1.82) is 0 Å². The van der Waals surface area contributed by atoms with Gasteiger partial charge in [-0.25, -0.2) is 4.39 Å². The van der Waals surface area contributed by atoms with Crippen molar-refractivity contribution in [3.05, 3.63) is 131 Å². The first-order chi connectivity index (χ1) is 17.1. The fourth-order valence-electron chi connectivity index (χ4n) is 5.58. The Bertz CT molecular complexity index is 1550. The Balaban J connectivity index is 1.66. The van der Waals surface area contributed by atoms with Crippen LogP contribution in [0, 0.1) is 5.82 Å². The van der Waals surface area contributed by atoms with Gasteiger partial charge in [0.25, 0.3) is 5.91 Å². The second kappa shape index (κ2) is 8.24. The van der Waals surface area contributed by atoms with Gasteiger partial charge in [-0.05, 0) is 60.0 Å². The topological polar surface area (TPSA) is 25.2 Å². The van der Waals surface area contributed by atoms with Crippen LogP contribution in [0.5, 0.6) is 0 Å². The van der Waals surface area contributed by atoms with Crippen molar-refractivity contribution in [3.63, 3.8) is 0 Å². The Morgan fingerprint density at radius 1 is 0.800 bits per heavy atom. The third kappa shape index (κ3) is 3.28. The number of para-hydroxylation sites is 1. The first kappa shape index (κ1) is 21.4. The van der Waals surface area contributed by atoms with Gasteiger partial charge >= 0.3 is 0 Å². The lowest BCUT2D eigenvalue weighted by Gasteiger charge is -2.32. The molecule has 0 aliphatic carbocycles. The minimum atomic E-state index is -0.278. The first-order valence-electron chi connectivity index (χ1n) is 11.9. The number of aryl methyl sites for hydroxylation is 1. The van der Waals surface area contributed by atoms with E-state index in [0.29, 0.717) is 0 Å². The molecule has 0 saturated carbocycles. The molecule has 1 aliphatic rings. The summed E-state index contributed by atoms with van der Waals surface area (Å²) >= 11 is 0. The maximum Gasteiger partial charge on any atom is 0.255 e. The average molecular weight is 461 g/mol. The predicted molar refractivity (Wildman–Crippen MR) is 138 cm³/mol. The number of carbonyl (C=O) groups excluding carboxylic acids is 1. The van der Waals surface area contributed by atoms with Crippen LogP contribution in [0.2, 0.25) is 0 Å². The molecule has 0 unspecified atom stereocenters. The number of benzene rings is 4. The molecule has 6 rings (SSSR count). The van der Waals surface area contributed by atoms with Crippen molar-refractivity contribution in [2.75, 3.05) is 0 Å². The highest BCUT2D eigenvalue weighted by Crippen LogP contribution is 2.49. The van der Waals surface area contributed by atoms with Crippen molar-refractivity contribution in [2.45, 2.75) is 19.0 Å². The minimum Gasteiger partial charge on any atom is -0.343 e. The lowest BCUT2D eigenvalue weighted by atomic mass is 9.92. The van der Waals surface area contributed by atoms with Gasteiger partial charge < -0.3 is 9.47 Å². The lowest BCUT2D eigenvalue weighted by Crippen LogP contribution is -2.31. The highest BCUT2D eigenvalue weighted by atomic mass is 19.1. The number of amides is 1. The van der Waals surface area contributed by atoms with Crippen LogP contribution in [0.15, 0.2) is 103 Å². The maximum atomic E-state index is 13.9. The Labute approximate surface area is 204 Å². The number of nitrogens with zero attached hydrogens (tertiary/aromatic N) is 2. The van der Waals surface area contributed by atoms with E-state index in [2.05, 4.69) is 41.8 Å². The second-order valence-electron chi connectivity index (χ2n) is 9.13. The van der Waals surface area contributed by atoms with Gasteiger partial charge in [-0.3, -0.25) is 4.79 Å². The van der Waals surface area contributed by atoms with E-state index in [-0.39, 0.29) is 23.8 Å². The van der Waals surface area contributed by atoms with Gasteiger partial charge in [-0.1, -0.05) is 66.7 Å². The molecule has 5 aromatic rings. The van der Waals surface area contributed by atoms with Crippen molar-refractivity contribution >= 4 is 16.8 Å². The second-order valence-corrected chi connectivity index (χ2v) is 9.13. The summed E-state index contributed by atoms with van der Waals surface area (Å²) in [5, 5.41) is 1.09. The zero-order valence-electron chi connectivity index (χ0n) is 19.7. The van der Waals surface area contributed by atoms with Crippen LogP contribution in [0.4, 0.5) is 4.39 Å². The van der Waals surface area contributed by atoms with Crippen molar-refractivity contribution in [1.82, 2.24) is 9.47 Å². The Kier molecular flexibility index (Phi) is 5.03. The average Bonchev–Trinajstić information content (AvgIpc) is 3.35. The van der Waals surface area contributed by atoms with E-state index in [1.54, 1.807) is 0 Å². The Morgan fingerprint density at radius 2 is 1.46 bits per heavy atom. The monoisotopic (exact) mass is 460 g/mol. The molecule has 2 atom stereocenters. The molecule has 172 valence electrons. The van der Waals surface area contributed by atoms with Gasteiger partial charge in [0.05, 0.1) is 17.8 Å². The number of fused-ring (bicyclic) bond motifs is 2. The molecule has 1 aliphatic heterocycles. The lowest BCUT2D eigenvalue weighted by molar-refractivity contribution is 0.0678. The number of aromatic nitrogens is 1. The molecular formula is C31H25FN2O. The molecule has 3 nitrogen and oxygen atoms in total. The molecule has 0 bridgehead atoms. The highest BCUT2D eigenvalue weighted by molar-refractivity contribution is 6.02. The van der Waals surface area contributed by atoms with Crippen LogP contribution < -0.4 is 0 Å². The Morgan fingerprint density at radius 3 is 2.23 bits per heavy atom. The molecule has 4 heteroatoms. The smallest absolute Gasteiger partial charge is 0.255 e. The maximum absolute atomic E-state index is 13.9. The molecule has 0 spiro atoms. The highest BCUT2D eigenvalue weighted by Gasteiger charge is 2.43. The van der Waals surface area contributed by atoms with Crippen LogP contribution in [0.3, 0.4) is 0 Å². The first-order valence-corrected chi connectivity index (χ1v) is 11.9. The van der Waals surface area contributed by atoms with Crippen LogP contribution in [-0.4, -0.2) is 15.4 Å². The van der Waals surface area contributed by atoms with Gasteiger partial charge in [0.15, 0.2) is 0 Å². The third-order valence-corrected chi connectivity index (χ3v) is 7.23. The molecule has 35 heavy (non-hydrogen) atoms. The van der Waals surface area contributed by atoms with E-state index in [4.69, 9.17) is 0 Å². The molecule has 0 fully saturated rings. The van der Waals surface area contributed by atoms with E-state index in [0.717, 1.165) is 44.4 Å². The zero-order valence-corrected chi connectivity index (χ0v) is 19.7. The minimum absolute atomic E-state index is 0.0277. The van der Waals surface area contributed by atoms with Gasteiger partial charge in [-0.2, -0.15) is 0 Å². The largest absolute Gasteiger partial charge is 0.343 e. The summed E-state index contributed by atoms with van der Waals surface area (Å²) in [4.78, 5) is 15.9. The van der Waals surface area contributed by atoms with E-state index < -0.39 is 0 Å². The van der Waals surface area contributed by atoms with Gasteiger partial charge in [0.1, 0.15) is 5.82 Å². The SMILES string of the molecule is C[C@H](c1ccccc1)N1C(=O)c2ccccc2[C@@H]1c1c(-c2ccc(F)cc2)n(C)c2ccccc12. The fourth-order valence-corrected chi connectivity index (χ4v) is 5.58. The summed E-state index contributed by atoms with van der Waals surface area (Å²) in [6.45, 7) is 2.09. The molecule has 0 radical (unpaired) electrons. The van der Waals surface area contributed by atoms with Gasteiger partial charge in [-0.15, -0.1) is 0 Å². The van der Waals surface area contributed by atoms with Crippen molar-refractivity contribution in [2.24, 2.45) is 7.05 Å². The van der Waals surface area contributed by atoms with Crippen molar-refractivity contribution in [3.8, 4) is 11.3 Å². The van der Waals surface area contributed by atoms with Gasteiger partial charge in [0, 0.05) is 29.1 Å². The molecule has 1 aromatic heterocycles. The van der Waals surface area contributed by atoms with Crippen molar-refractivity contribution < 1.29 is 9.18 Å². The van der Waals surface area contributed by atoms with Crippen LogP contribution in [0.1, 0.15) is 46.1 Å². The number of carbonyl (C=O) groups is 1. The normalized spacial score (nSPS) is 16.0. The molecule has 0 N–H and O–H groups in total. The van der Waals surface area contributed by atoms with E-state index in [1.807, 2.05) is 72.6 Å². The molecule has 2 heterocycles. The van der Waals surface area contributed by atoms with Gasteiger partial charge in [0.2, 0.25) is 0 Å². The summed E-state index contributed by atoms with van der Waals surface area (Å²) in [5.41, 5.74) is 6.87. The number of hydrogen-bond acceptors (Lipinski definition) is 1. The van der Waals surface area contributed by atoms with Crippen LogP contribution in [0.25, 0.3) is 22.2 Å². The summed E-state index contributed by atoms with van der Waals surface area (Å²) < 4.78 is 16.0. The third-order valence-electron chi connectivity index (χ3n) is 7.23. The molecule has 0 saturated heterocycles. The van der Waals surface area contributed by atoms with Crippen LogP contribution in [-0.2, 0) is 7.05 Å². The zero-order chi connectivity index (χ0) is 24.1. The molecule has 1 amide bonds. The molecular weight excluding hydrogens is 435 g/mol.